The quantitative estimate of drug-likeness (QED) is 0.586. The molecule has 0 aliphatic heterocycles. The van der Waals surface area contributed by atoms with Crippen LogP contribution in [0.5, 0.6) is 11.5 Å². The molecule has 0 N–H and O–H groups in total. The lowest BCUT2D eigenvalue weighted by molar-refractivity contribution is -0.107. The zero-order valence-electron chi connectivity index (χ0n) is 12.5. The highest BCUT2D eigenvalue weighted by Gasteiger charge is 2.05. The fourth-order valence-corrected chi connectivity index (χ4v) is 1.98. The van der Waals surface area contributed by atoms with Gasteiger partial charge in [-0.2, -0.15) is 0 Å². The minimum atomic E-state index is -0.515. The molecule has 0 amide bonds. The SMILES string of the molecule is COc1cc(/C=C/C(=O)Cl)ccc1OCc1ccc(C)cc1. The Morgan fingerprint density at radius 2 is 1.86 bits per heavy atom. The second-order valence-electron chi connectivity index (χ2n) is 4.82. The molecule has 0 aliphatic rings. The summed E-state index contributed by atoms with van der Waals surface area (Å²) in [6.07, 6.45) is 2.92. The summed E-state index contributed by atoms with van der Waals surface area (Å²) in [5, 5.41) is -0.515. The van der Waals surface area contributed by atoms with E-state index in [1.165, 1.54) is 11.6 Å². The minimum absolute atomic E-state index is 0.464. The highest BCUT2D eigenvalue weighted by molar-refractivity contribution is 6.66. The number of methoxy groups -OCH3 is 1. The van der Waals surface area contributed by atoms with Crippen molar-refractivity contribution < 1.29 is 14.3 Å². The second kappa shape index (κ2) is 7.66. The number of rotatable bonds is 6. The number of allylic oxidation sites excluding steroid dienone is 1. The molecular formula is C18H17ClO3. The van der Waals surface area contributed by atoms with Crippen molar-refractivity contribution in [3.8, 4) is 11.5 Å². The van der Waals surface area contributed by atoms with Gasteiger partial charge in [0, 0.05) is 0 Å². The van der Waals surface area contributed by atoms with Gasteiger partial charge >= 0.3 is 0 Å². The van der Waals surface area contributed by atoms with Gasteiger partial charge in [-0.25, -0.2) is 0 Å². The predicted octanol–water partition coefficient (Wildman–Crippen LogP) is 4.36. The maximum Gasteiger partial charge on any atom is 0.245 e. The van der Waals surface area contributed by atoms with Crippen LogP contribution in [0.25, 0.3) is 6.08 Å². The average molecular weight is 317 g/mol. The van der Waals surface area contributed by atoms with Gasteiger partial charge < -0.3 is 9.47 Å². The molecule has 0 saturated carbocycles. The molecule has 0 aliphatic carbocycles. The molecule has 2 rings (SSSR count). The van der Waals surface area contributed by atoms with Gasteiger partial charge in [0.05, 0.1) is 7.11 Å². The van der Waals surface area contributed by atoms with E-state index in [1.54, 1.807) is 19.3 Å². The monoisotopic (exact) mass is 316 g/mol. The van der Waals surface area contributed by atoms with Crippen molar-refractivity contribution in [1.29, 1.82) is 0 Å². The topological polar surface area (TPSA) is 35.5 Å². The molecule has 0 radical (unpaired) electrons. The van der Waals surface area contributed by atoms with E-state index >= 15 is 0 Å². The largest absolute Gasteiger partial charge is 0.493 e. The zero-order valence-corrected chi connectivity index (χ0v) is 13.3. The molecule has 0 aromatic heterocycles. The van der Waals surface area contributed by atoms with E-state index in [0.29, 0.717) is 18.1 Å². The molecule has 0 saturated heterocycles. The van der Waals surface area contributed by atoms with E-state index in [-0.39, 0.29) is 0 Å². The summed E-state index contributed by atoms with van der Waals surface area (Å²) < 4.78 is 11.1. The lowest BCUT2D eigenvalue weighted by Crippen LogP contribution is -1.98. The minimum Gasteiger partial charge on any atom is -0.493 e. The van der Waals surface area contributed by atoms with Crippen molar-refractivity contribution in [1.82, 2.24) is 0 Å². The highest BCUT2D eigenvalue weighted by atomic mass is 35.5. The fraction of sp³-hybridized carbons (Fsp3) is 0.167. The van der Waals surface area contributed by atoms with Crippen LogP contribution >= 0.6 is 11.6 Å². The fourth-order valence-electron chi connectivity index (χ4n) is 1.91. The lowest BCUT2D eigenvalue weighted by atomic mass is 10.1. The number of carbonyl (C=O) groups excluding carboxylic acids is 1. The van der Waals surface area contributed by atoms with Crippen LogP contribution in [0.1, 0.15) is 16.7 Å². The zero-order chi connectivity index (χ0) is 15.9. The molecule has 0 heterocycles. The van der Waals surface area contributed by atoms with E-state index in [2.05, 4.69) is 0 Å². The van der Waals surface area contributed by atoms with Gasteiger partial charge in [-0.15, -0.1) is 0 Å². The van der Waals surface area contributed by atoms with Crippen molar-refractivity contribution in [3.63, 3.8) is 0 Å². The van der Waals surface area contributed by atoms with E-state index < -0.39 is 5.24 Å². The van der Waals surface area contributed by atoms with E-state index in [1.807, 2.05) is 43.3 Å². The van der Waals surface area contributed by atoms with Crippen LogP contribution < -0.4 is 9.47 Å². The molecule has 0 atom stereocenters. The van der Waals surface area contributed by atoms with Crippen LogP contribution in [0.2, 0.25) is 0 Å². The Hall–Kier alpha value is -2.26. The molecule has 4 heteroatoms. The number of carbonyl (C=O) groups is 1. The summed E-state index contributed by atoms with van der Waals surface area (Å²) in [4.78, 5) is 10.7. The summed E-state index contributed by atoms with van der Waals surface area (Å²) in [6, 6.07) is 13.6. The van der Waals surface area contributed by atoms with Crippen LogP contribution in [0.15, 0.2) is 48.5 Å². The summed E-state index contributed by atoms with van der Waals surface area (Å²) in [7, 11) is 1.58. The Kier molecular flexibility index (Phi) is 5.61. The van der Waals surface area contributed by atoms with Gasteiger partial charge in [-0.3, -0.25) is 4.79 Å². The molecule has 0 unspecified atom stereocenters. The Labute approximate surface area is 135 Å². The van der Waals surface area contributed by atoms with Gasteiger partial charge in [0.2, 0.25) is 5.24 Å². The Bertz CT molecular complexity index is 675. The van der Waals surface area contributed by atoms with Crippen molar-refractivity contribution in [3.05, 3.63) is 65.2 Å². The first kappa shape index (κ1) is 16.1. The van der Waals surface area contributed by atoms with Gasteiger partial charge in [0.15, 0.2) is 11.5 Å². The van der Waals surface area contributed by atoms with Gasteiger partial charge in [0.25, 0.3) is 0 Å². The van der Waals surface area contributed by atoms with Crippen molar-refractivity contribution in [2.24, 2.45) is 0 Å². The number of halogens is 1. The summed E-state index contributed by atoms with van der Waals surface area (Å²) >= 11 is 5.28. The maximum atomic E-state index is 10.7. The Balaban J connectivity index is 2.10. The highest BCUT2D eigenvalue weighted by Crippen LogP contribution is 2.29. The molecule has 0 fully saturated rings. The number of hydrogen-bond donors (Lipinski definition) is 0. The van der Waals surface area contributed by atoms with E-state index in [0.717, 1.165) is 11.1 Å². The van der Waals surface area contributed by atoms with Crippen LogP contribution in [-0.4, -0.2) is 12.4 Å². The summed E-state index contributed by atoms with van der Waals surface area (Å²) in [5.41, 5.74) is 3.12. The van der Waals surface area contributed by atoms with E-state index in [4.69, 9.17) is 21.1 Å². The lowest BCUT2D eigenvalue weighted by Gasteiger charge is -2.11. The third-order valence-corrected chi connectivity index (χ3v) is 3.24. The van der Waals surface area contributed by atoms with Crippen LogP contribution in [0.3, 0.4) is 0 Å². The summed E-state index contributed by atoms with van der Waals surface area (Å²) in [5.74, 6) is 1.26. The number of benzene rings is 2. The third kappa shape index (κ3) is 4.64. The number of ether oxygens (including phenoxy) is 2. The molecule has 114 valence electrons. The van der Waals surface area contributed by atoms with Crippen LogP contribution in [0, 0.1) is 6.92 Å². The van der Waals surface area contributed by atoms with Crippen molar-refractivity contribution >= 4 is 22.9 Å². The van der Waals surface area contributed by atoms with Crippen LogP contribution in [0.4, 0.5) is 0 Å². The van der Waals surface area contributed by atoms with E-state index in [9.17, 15) is 4.79 Å². The number of hydrogen-bond acceptors (Lipinski definition) is 3. The average Bonchev–Trinajstić information content (AvgIpc) is 2.52. The van der Waals surface area contributed by atoms with Crippen LogP contribution in [-0.2, 0) is 11.4 Å². The molecule has 0 spiro atoms. The normalized spacial score (nSPS) is 10.7. The maximum absolute atomic E-state index is 10.7. The molecular weight excluding hydrogens is 300 g/mol. The molecule has 22 heavy (non-hydrogen) atoms. The third-order valence-electron chi connectivity index (χ3n) is 3.11. The molecule has 0 bridgehead atoms. The summed E-state index contributed by atoms with van der Waals surface area (Å²) in [6.45, 7) is 2.51. The molecule has 3 nitrogen and oxygen atoms in total. The first-order valence-corrected chi connectivity index (χ1v) is 7.20. The van der Waals surface area contributed by atoms with Gasteiger partial charge in [-0.1, -0.05) is 42.0 Å². The molecule has 2 aromatic rings. The first-order chi connectivity index (χ1) is 10.6. The second-order valence-corrected chi connectivity index (χ2v) is 5.19. The Morgan fingerprint density at radius 1 is 1.14 bits per heavy atom. The first-order valence-electron chi connectivity index (χ1n) is 6.82. The molecule has 2 aromatic carbocycles. The number of aryl methyl sites for hydroxylation is 1. The predicted molar refractivity (Wildman–Crippen MR) is 88.4 cm³/mol. The standard InChI is InChI=1S/C18H17ClO3/c1-13-3-5-15(6-4-13)12-22-16-9-7-14(8-10-18(19)20)11-17(16)21-2/h3-11H,12H2,1-2H3/b10-8+. The van der Waals surface area contributed by atoms with Gasteiger partial charge in [-0.05, 0) is 47.9 Å². The van der Waals surface area contributed by atoms with Crippen molar-refractivity contribution in [2.45, 2.75) is 13.5 Å². The smallest absolute Gasteiger partial charge is 0.245 e. The van der Waals surface area contributed by atoms with Gasteiger partial charge in [0.1, 0.15) is 6.61 Å². The van der Waals surface area contributed by atoms with Crippen molar-refractivity contribution in [2.75, 3.05) is 7.11 Å². The Morgan fingerprint density at radius 3 is 2.50 bits per heavy atom.